The minimum absolute atomic E-state index is 0.242. The SMILES string of the molecule is CCCOC(=O)c1ccc(CCOCCCCCCBr)cc1. The van der Waals surface area contributed by atoms with Crippen LogP contribution in [0.2, 0.25) is 0 Å². The van der Waals surface area contributed by atoms with Crippen molar-refractivity contribution in [3.63, 3.8) is 0 Å². The van der Waals surface area contributed by atoms with Crippen LogP contribution in [0.1, 0.15) is 54.9 Å². The third kappa shape index (κ3) is 8.54. The van der Waals surface area contributed by atoms with Crippen LogP contribution in [0.15, 0.2) is 24.3 Å². The number of ether oxygens (including phenoxy) is 2. The zero-order chi connectivity index (χ0) is 16.0. The van der Waals surface area contributed by atoms with E-state index >= 15 is 0 Å². The summed E-state index contributed by atoms with van der Waals surface area (Å²) in [6.45, 7) is 4.03. The molecule has 0 heterocycles. The third-order valence-corrected chi connectivity index (χ3v) is 3.90. The lowest BCUT2D eigenvalue weighted by atomic mass is 10.1. The molecule has 0 saturated heterocycles. The molecule has 0 radical (unpaired) electrons. The van der Waals surface area contributed by atoms with Crippen molar-refractivity contribution in [1.82, 2.24) is 0 Å². The second kappa shape index (κ2) is 12.7. The molecule has 1 aromatic rings. The standard InChI is InChI=1S/C18H27BrO3/c1-2-13-22-18(20)17-9-7-16(8-10-17)11-15-21-14-6-4-3-5-12-19/h7-10H,2-6,11-15H2,1H3. The fourth-order valence-electron chi connectivity index (χ4n) is 2.03. The number of hydrogen-bond acceptors (Lipinski definition) is 3. The van der Waals surface area contributed by atoms with Crippen LogP contribution in [-0.2, 0) is 15.9 Å². The summed E-state index contributed by atoms with van der Waals surface area (Å²) in [5.41, 5.74) is 1.80. The fraction of sp³-hybridized carbons (Fsp3) is 0.611. The Morgan fingerprint density at radius 1 is 1.00 bits per heavy atom. The summed E-state index contributed by atoms with van der Waals surface area (Å²) in [6, 6.07) is 7.60. The Kier molecular flexibility index (Phi) is 11.0. The highest BCUT2D eigenvalue weighted by atomic mass is 79.9. The van der Waals surface area contributed by atoms with E-state index in [0.717, 1.165) is 37.8 Å². The highest BCUT2D eigenvalue weighted by Gasteiger charge is 2.05. The molecule has 0 N–H and O–H groups in total. The van der Waals surface area contributed by atoms with Crippen molar-refractivity contribution in [2.75, 3.05) is 25.2 Å². The molecule has 124 valence electrons. The summed E-state index contributed by atoms with van der Waals surface area (Å²) in [4.78, 5) is 11.7. The van der Waals surface area contributed by atoms with E-state index in [4.69, 9.17) is 9.47 Å². The second-order valence-electron chi connectivity index (χ2n) is 5.30. The van der Waals surface area contributed by atoms with Gasteiger partial charge < -0.3 is 9.47 Å². The van der Waals surface area contributed by atoms with Crippen LogP contribution in [0, 0.1) is 0 Å². The van der Waals surface area contributed by atoms with E-state index in [1.807, 2.05) is 31.2 Å². The van der Waals surface area contributed by atoms with E-state index < -0.39 is 0 Å². The van der Waals surface area contributed by atoms with Crippen molar-refractivity contribution >= 4 is 21.9 Å². The summed E-state index contributed by atoms with van der Waals surface area (Å²) in [5, 5.41) is 1.09. The van der Waals surface area contributed by atoms with Crippen LogP contribution in [0.4, 0.5) is 0 Å². The number of halogens is 1. The van der Waals surface area contributed by atoms with Gasteiger partial charge in [0.05, 0.1) is 18.8 Å². The van der Waals surface area contributed by atoms with Crippen molar-refractivity contribution in [2.45, 2.75) is 45.4 Å². The van der Waals surface area contributed by atoms with Crippen LogP contribution in [0.3, 0.4) is 0 Å². The lowest BCUT2D eigenvalue weighted by Gasteiger charge is -2.06. The van der Waals surface area contributed by atoms with E-state index in [0.29, 0.717) is 12.2 Å². The number of rotatable bonds is 12. The Labute approximate surface area is 142 Å². The first-order chi connectivity index (χ1) is 10.8. The third-order valence-electron chi connectivity index (χ3n) is 3.33. The van der Waals surface area contributed by atoms with E-state index in [-0.39, 0.29) is 5.97 Å². The van der Waals surface area contributed by atoms with Gasteiger partial charge in [0.25, 0.3) is 0 Å². The number of alkyl halides is 1. The quantitative estimate of drug-likeness (QED) is 0.302. The fourth-order valence-corrected chi connectivity index (χ4v) is 2.43. The molecule has 0 unspecified atom stereocenters. The van der Waals surface area contributed by atoms with Crippen LogP contribution in [-0.4, -0.2) is 31.1 Å². The molecular weight excluding hydrogens is 344 g/mol. The summed E-state index contributed by atoms with van der Waals surface area (Å²) < 4.78 is 10.7. The number of hydrogen-bond donors (Lipinski definition) is 0. The van der Waals surface area contributed by atoms with Crippen LogP contribution >= 0.6 is 15.9 Å². The Hall–Kier alpha value is -0.870. The second-order valence-corrected chi connectivity index (χ2v) is 6.09. The molecule has 0 aliphatic rings. The van der Waals surface area contributed by atoms with Gasteiger partial charge in [-0.2, -0.15) is 0 Å². The molecule has 0 fully saturated rings. The molecule has 1 aromatic carbocycles. The van der Waals surface area contributed by atoms with Crippen molar-refractivity contribution in [3.05, 3.63) is 35.4 Å². The predicted octanol–water partition coefficient (Wildman–Crippen LogP) is 4.77. The summed E-state index contributed by atoms with van der Waals surface area (Å²) in [7, 11) is 0. The number of unbranched alkanes of at least 4 members (excludes halogenated alkanes) is 3. The molecule has 0 bridgehead atoms. The monoisotopic (exact) mass is 370 g/mol. The normalized spacial score (nSPS) is 10.6. The first kappa shape index (κ1) is 19.2. The maximum absolute atomic E-state index is 11.7. The molecule has 0 amide bonds. The summed E-state index contributed by atoms with van der Waals surface area (Å²) >= 11 is 3.44. The lowest BCUT2D eigenvalue weighted by Crippen LogP contribution is -2.06. The maximum atomic E-state index is 11.7. The first-order valence-corrected chi connectivity index (χ1v) is 9.30. The zero-order valence-corrected chi connectivity index (χ0v) is 15.1. The molecule has 3 nitrogen and oxygen atoms in total. The van der Waals surface area contributed by atoms with Crippen LogP contribution in [0.25, 0.3) is 0 Å². The Balaban J connectivity index is 2.15. The van der Waals surface area contributed by atoms with Crippen molar-refractivity contribution in [1.29, 1.82) is 0 Å². The van der Waals surface area contributed by atoms with Gasteiger partial charge in [0, 0.05) is 11.9 Å². The number of carbonyl (C=O) groups excluding carboxylic acids is 1. The molecule has 0 atom stereocenters. The number of carbonyl (C=O) groups is 1. The zero-order valence-electron chi connectivity index (χ0n) is 13.5. The number of benzene rings is 1. The van der Waals surface area contributed by atoms with Gasteiger partial charge in [-0.3, -0.25) is 0 Å². The highest BCUT2D eigenvalue weighted by molar-refractivity contribution is 9.09. The van der Waals surface area contributed by atoms with Gasteiger partial charge in [-0.05, 0) is 43.4 Å². The van der Waals surface area contributed by atoms with Gasteiger partial charge in [-0.15, -0.1) is 0 Å². The Morgan fingerprint density at radius 2 is 1.73 bits per heavy atom. The molecule has 0 aliphatic carbocycles. The average molecular weight is 371 g/mol. The minimum atomic E-state index is -0.242. The minimum Gasteiger partial charge on any atom is -0.462 e. The van der Waals surface area contributed by atoms with Gasteiger partial charge in [-0.1, -0.05) is 47.8 Å². The predicted molar refractivity (Wildman–Crippen MR) is 93.8 cm³/mol. The summed E-state index contributed by atoms with van der Waals surface area (Å²) in [5.74, 6) is -0.242. The highest BCUT2D eigenvalue weighted by Crippen LogP contribution is 2.08. The van der Waals surface area contributed by atoms with E-state index in [1.165, 1.54) is 24.8 Å². The smallest absolute Gasteiger partial charge is 0.338 e. The maximum Gasteiger partial charge on any atom is 0.338 e. The largest absolute Gasteiger partial charge is 0.462 e. The van der Waals surface area contributed by atoms with Gasteiger partial charge >= 0.3 is 5.97 Å². The van der Waals surface area contributed by atoms with E-state index in [1.54, 1.807) is 0 Å². The van der Waals surface area contributed by atoms with Gasteiger partial charge in [-0.25, -0.2) is 4.79 Å². The molecule has 0 saturated carbocycles. The molecule has 0 aromatic heterocycles. The van der Waals surface area contributed by atoms with Crippen molar-refractivity contribution in [2.24, 2.45) is 0 Å². The molecule has 1 rings (SSSR count). The Bertz CT molecular complexity index is 403. The van der Waals surface area contributed by atoms with Crippen molar-refractivity contribution in [3.8, 4) is 0 Å². The molecule has 4 heteroatoms. The summed E-state index contributed by atoms with van der Waals surface area (Å²) in [6.07, 6.45) is 6.61. The Morgan fingerprint density at radius 3 is 2.41 bits per heavy atom. The molecule has 22 heavy (non-hydrogen) atoms. The van der Waals surface area contributed by atoms with Gasteiger partial charge in [0.15, 0.2) is 0 Å². The van der Waals surface area contributed by atoms with E-state index in [9.17, 15) is 4.79 Å². The van der Waals surface area contributed by atoms with E-state index in [2.05, 4.69) is 15.9 Å². The van der Waals surface area contributed by atoms with Crippen molar-refractivity contribution < 1.29 is 14.3 Å². The molecule has 0 spiro atoms. The first-order valence-electron chi connectivity index (χ1n) is 8.17. The average Bonchev–Trinajstić information content (AvgIpc) is 2.55. The molecule has 0 aliphatic heterocycles. The van der Waals surface area contributed by atoms with Crippen LogP contribution < -0.4 is 0 Å². The van der Waals surface area contributed by atoms with Gasteiger partial charge in [0.1, 0.15) is 0 Å². The topological polar surface area (TPSA) is 35.5 Å². The van der Waals surface area contributed by atoms with Crippen LogP contribution in [0.5, 0.6) is 0 Å². The number of esters is 1. The van der Waals surface area contributed by atoms with Gasteiger partial charge in [0.2, 0.25) is 0 Å². The molecular formula is C18H27BrO3. The lowest BCUT2D eigenvalue weighted by molar-refractivity contribution is 0.0505.